The van der Waals surface area contributed by atoms with Crippen molar-refractivity contribution in [1.29, 1.82) is 0 Å². The Balaban J connectivity index is 2.01. The third-order valence-corrected chi connectivity index (χ3v) is 5.40. The van der Waals surface area contributed by atoms with E-state index in [1.165, 1.54) is 0 Å². The van der Waals surface area contributed by atoms with Gasteiger partial charge in [0.1, 0.15) is 11.9 Å². The summed E-state index contributed by atoms with van der Waals surface area (Å²) in [5, 5.41) is 9.18. The van der Waals surface area contributed by atoms with E-state index in [2.05, 4.69) is 0 Å². The molecule has 21 heavy (non-hydrogen) atoms. The van der Waals surface area contributed by atoms with Crippen molar-refractivity contribution in [2.75, 3.05) is 6.61 Å². The maximum Gasteiger partial charge on any atom is 0.206 e. The summed E-state index contributed by atoms with van der Waals surface area (Å²) >= 11 is 0. The minimum atomic E-state index is -3.54. The van der Waals surface area contributed by atoms with Crippen LogP contribution in [0, 0.1) is 0 Å². The molecule has 0 amide bonds. The zero-order chi connectivity index (χ0) is 14.9. The average molecular weight is 304 g/mol. The van der Waals surface area contributed by atoms with Crippen molar-refractivity contribution in [3.05, 3.63) is 54.1 Å². The monoisotopic (exact) mass is 304 g/mol. The molecule has 1 heterocycles. The van der Waals surface area contributed by atoms with E-state index in [0.29, 0.717) is 5.75 Å². The van der Waals surface area contributed by atoms with Gasteiger partial charge in [-0.1, -0.05) is 24.3 Å². The molecule has 0 aromatic heterocycles. The van der Waals surface area contributed by atoms with Gasteiger partial charge in [-0.2, -0.15) is 0 Å². The fourth-order valence-electron chi connectivity index (χ4n) is 2.44. The minimum absolute atomic E-state index is 0.0604. The van der Waals surface area contributed by atoms with Crippen LogP contribution >= 0.6 is 0 Å². The van der Waals surface area contributed by atoms with Gasteiger partial charge >= 0.3 is 0 Å². The first-order valence-corrected chi connectivity index (χ1v) is 8.30. The average Bonchev–Trinajstić information content (AvgIpc) is 2.54. The van der Waals surface area contributed by atoms with Crippen molar-refractivity contribution in [3.63, 3.8) is 0 Å². The van der Waals surface area contributed by atoms with Gasteiger partial charge in [0.05, 0.1) is 16.4 Å². The second-order valence-electron chi connectivity index (χ2n) is 5.05. The van der Waals surface area contributed by atoms with Crippen molar-refractivity contribution in [2.45, 2.75) is 28.7 Å². The molecule has 0 aliphatic carbocycles. The maximum absolute atomic E-state index is 12.6. The maximum atomic E-state index is 12.6. The highest BCUT2D eigenvalue weighted by atomic mass is 32.2. The van der Waals surface area contributed by atoms with Gasteiger partial charge in [-0.25, -0.2) is 8.42 Å². The van der Waals surface area contributed by atoms with Crippen molar-refractivity contribution in [1.82, 2.24) is 0 Å². The third-order valence-electron chi connectivity index (χ3n) is 3.64. The molecular formula is C16H16O4S. The molecule has 2 aromatic rings. The van der Waals surface area contributed by atoms with Crippen molar-refractivity contribution in [3.8, 4) is 5.75 Å². The number of aliphatic hydroxyl groups excluding tert-OH is 1. The van der Waals surface area contributed by atoms with Gasteiger partial charge in [-0.05, 0) is 42.7 Å². The Hall–Kier alpha value is -1.85. The van der Waals surface area contributed by atoms with Gasteiger partial charge in [0.2, 0.25) is 9.84 Å². The fourth-order valence-corrected chi connectivity index (χ4v) is 3.73. The fraction of sp³-hybridized carbons (Fsp3) is 0.250. The van der Waals surface area contributed by atoms with Crippen LogP contribution in [0.25, 0.3) is 0 Å². The summed E-state index contributed by atoms with van der Waals surface area (Å²) in [5.41, 5.74) is 0.978. The second-order valence-corrected chi connectivity index (χ2v) is 7.00. The van der Waals surface area contributed by atoms with Crippen LogP contribution in [0.1, 0.15) is 12.0 Å². The Morgan fingerprint density at radius 3 is 2.57 bits per heavy atom. The van der Waals surface area contributed by atoms with E-state index in [9.17, 15) is 13.5 Å². The van der Waals surface area contributed by atoms with Crippen LogP contribution in [-0.2, 0) is 16.3 Å². The number of fused-ring (bicyclic) bond motifs is 1. The van der Waals surface area contributed by atoms with Crippen LogP contribution in [0.2, 0.25) is 0 Å². The molecule has 1 aliphatic heterocycles. The van der Waals surface area contributed by atoms with Gasteiger partial charge in [0, 0.05) is 0 Å². The van der Waals surface area contributed by atoms with E-state index in [0.717, 1.165) is 18.4 Å². The number of benzene rings is 2. The predicted octanol–water partition coefficient (Wildman–Crippen LogP) is 2.21. The van der Waals surface area contributed by atoms with E-state index < -0.39 is 9.84 Å². The highest BCUT2D eigenvalue weighted by molar-refractivity contribution is 7.91. The van der Waals surface area contributed by atoms with E-state index in [1.807, 2.05) is 0 Å². The molecule has 0 spiro atoms. The molecule has 1 atom stereocenters. The summed E-state index contributed by atoms with van der Waals surface area (Å²) in [6, 6.07) is 13.3. The molecule has 1 aliphatic rings. The molecule has 2 aromatic carbocycles. The van der Waals surface area contributed by atoms with Crippen LogP contribution in [0.5, 0.6) is 5.75 Å². The number of ether oxygens (including phenoxy) is 1. The first-order chi connectivity index (χ1) is 10.1. The van der Waals surface area contributed by atoms with Crippen LogP contribution < -0.4 is 4.74 Å². The Labute approximate surface area is 123 Å². The van der Waals surface area contributed by atoms with E-state index >= 15 is 0 Å². The summed E-state index contributed by atoms with van der Waals surface area (Å²) in [5.74, 6) is 0.553. The van der Waals surface area contributed by atoms with Crippen LogP contribution in [0.4, 0.5) is 0 Å². The number of rotatable bonds is 3. The lowest BCUT2D eigenvalue weighted by molar-refractivity contribution is 0.0975. The molecule has 0 saturated carbocycles. The van der Waals surface area contributed by atoms with E-state index in [1.54, 1.807) is 48.5 Å². The molecule has 0 fully saturated rings. The highest BCUT2D eigenvalue weighted by Gasteiger charge is 2.23. The number of hydrogen-bond donors (Lipinski definition) is 1. The second kappa shape index (κ2) is 5.50. The van der Waals surface area contributed by atoms with Crippen LogP contribution in [0.15, 0.2) is 58.3 Å². The van der Waals surface area contributed by atoms with Crippen LogP contribution in [0.3, 0.4) is 0 Å². The Bertz CT molecular complexity index is 738. The first kappa shape index (κ1) is 14.1. The summed E-state index contributed by atoms with van der Waals surface area (Å²) in [7, 11) is -3.54. The largest absolute Gasteiger partial charge is 0.488 e. The molecule has 5 heteroatoms. The lowest BCUT2D eigenvalue weighted by atomic mass is 10.0. The summed E-state index contributed by atoms with van der Waals surface area (Å²) < 4.78 is 30.8. The lowest BCUT2D eigenvalue weighted by Crippen LogP contribution is -2.26. The summed E-state index contributed by atoms with van der Waals surface area (Å²) in [6.07, 6.45) is 1.27. The Kier molecular flexibility index (Phi) is 3.69. The molecule has 0 unspecified atom stereocenters. The van der Waals surface area contributed by atoms with Gasteiger partial charge < -0.3 is 9.84 Å². The normalized spacial score (nSPS) is 17.9. The SMILES string of the molecule is O=S(=O)(c1ccccc1)c1ccc2c(c1)O[C@H](CO)CC2. The smallest absolute Gasteiger partial charge is 0.206 e. The van der Waals surface area contributed by atoms with Crippen molar-refractivity contribution in [2.24, 2.45) is 0 Å². The van der Waals surface area contributed by atoms with Crippen LogP contribution in [-0.4, -0.2) is 26.2 Å². The number of hydrogen-bond acceptors (Lipinski definition) is 4. The van der Waals surface area contributed by atoms with Gasteiger partial charge in [-0.15, -0.1) is 0 Å². The third kappa shape index (κ3) is 2.66. The quantitative estimate of drug-likeness (QED) is 0.944. The van der Waals surface area contributed by atoms with E-state index in [-0.39, 0.29) is 22.5 Å². The van der Waals surface area contributed by atoms with Gasteiger partial charge in [-0.3, -0.25) is 0 Å². The van der Waals surface area contributed by atoms with Gasteiger partial charge in [0.25, 0.3) is 0 Å². The number of aliphatic hydroxyl groups is 1. The Morgan fingerprint density at radius 1 is 1.10 bits per heavy atom. The molecule has 0 saturated heterocycles. The standard InChI is InChI=1S/C16H16O4S/c17-11-13-8-6-12-7-9-15(10-16(12)20-13)21(18,19)14-4-2-1-3-5-14/h1-5,7,9-10,13,17H,6,8,11H2/t13-/m0/s1. The molecule has 1 N–H and O–H groups in total. The molecule has 0 radical (unpaired) electrons. The zero-order valence-electron chi connectivity index (χ0n) is 11.4. The number of sulfone groups is 1. The molecule has 0 bridgehead atoms. The first-order valence-electron chi connectivity index (χ1n) is 6.82. The summed E-state index contributed by atoms with van der Waals surface area (Å²) in [6.45, 7) is -0.0604. The molecular weight excluding hydrogens is 288 g/mol. The minimum Gasteiger partial charge on any atom is -0.488 e. The lowest BCUT2D eigenvalue weighted by Gasteiger charge is -2.25. The van der Waals surface area contributed by atoms with Crippen molar-refractivity contribution >= 4 is 9.84 Å². The molecule has 4 nitrogen and oxygen atoms in total. The predicted molar refractivity (Wildman–Crippen MR) is 78.2 cm³/mol. The molecule has 3 rings (SSSR count). The Morgan fingerprint density at radius 2 is 1.86 bits per heavy atom. The van der Waals surface area contributed by atoms with Crippen molar-refractivity contribution < 1.29 is 18.3 Å². The topological polar surface area (TPSA) is 63.6 Å². The van der Waals surface area contributed by atoms with E-state index in [4.69, 9.17) is 4.74 Å². The van der Waals surface area contributed by atoms with Gasteiger partial charge in [0.15, 0.2) is 0 Å². The zero-order valence-corrected chi connectivity index (χ0v) is 12.2. The number of aryl methyl sites for hydroxylation is 1. The highest BCUT2D eigenvalue weighted by Crippen LogP contribution is 2.32. The molecule has 110 valence electrons. The summed E-state index contributed by atoms with van der Waals surface area (Å²) in [4.78, 5) is 0.477.